The van der Waals surface area contributed by atoms with E-state index in [-0.39, 0.29) is 5.75 Å². The molecule has 0 saturated heterocycles. The average molecular weight is 380 g/mol. The van der Waals surface area contributed by atoms with Crippen molar-refractivity contribution in [3.05, 3.63) is 58.2 Å². The van der Waals surface area contributed by atoms with E-state index in [1.807, 2.05) is 6.07 Å². The number of amides is 1. The number of nitrogens with one attached hydrogen (secondary N) is 1. The van der Waals surface area contributed by atoms with E-state index in [4.69, 9.17) is 10.00 Å². The van der Waals surface area contributed by atoms with E-state index in [1.165, 1.54) is 12.1 Å². The first-order valence-electron chi connectivity index (χ1n) is 7.22. The van der Waals surface area contributed by atoms with E-state index in [9.17, 15) is 22.0 Å². The third kappa shape index (κ3) is 4.34. The summed E-state index contributed by atoms with van der Waals surface area (Å²) in [6.45, 7) is 3.29. The maximum Gasteiger partial charge on any atom is 0.267 e. The lowest BCUT2D eigenvalue weighted by Gasteiger charge is -2.14. The topological polar surface area (TPSA) is 96.3 Å². The van der Waals surface area contributed by atoms with Gasteiger partial charge in [0.1, 0.15) is 11.6 Å². The highest BCUT2D eigenvalue weighted by Crippen LogP contribution is 2.32. The molecule has 0 aliphatic heterocycles. The summed E-state index contributed by atoms with van der Waals surface area (Å²) < 4.78 is 57.4. The predicted molar refractivity (Wildman–Crippen MR) is 89.4 cm³/mol. The fourth-order valence-electron chi connectivity index (χ4n) is 2.29. The molecule has 0 fully saturated rings. The maximum absolute atomic E-state index is 14.2. The molecule has 0 unspecified atom stereocenters. The molecule has 0 bridgehead atoms. The van der Waals surface area contributed by atoms with Gasteiger partial charge < -0.3 is 4.74 Å². The van der Waals surface area contributed by atoms with Gasteiger partial charge in [0.15, 0.2) is 11.6 Å². The summed E-state index contributed by atoms with van der Waals surface area (Å²) in [4.78, 5) is 11.7. The number of benzene rings is 2. The molecule has 0 radical (unpaired) electrons. The molecule has 26 heavy (non-hydrogen) atoms. The minimum absolute atomic E-state index is 0.246. The molecule has 2 aromatic rings. The van der Waals surface area contributed by atoms with Crippen LogP contribution in [0, 0.1) is 36.8 Å². The largest absolute Gasteiger partial charge is 0.454 e. The van der Waals surface area contributed by atoms with E-state index in [0.717, 1.165) is 0 Å². The van der Waals surface area contributed by atoms with Gasteiger partial charge in [0, 0.05) is 6.07 Å². The summed E-state index contributed by atoms with van der Waals surface area (Å²) in [6.07, 6.45) is 0.715. The Bertz CT molecular complexity index is 1020. The predicted octanol–water partition coefficient (Wildman–Crippen LogP) is 2.94. The minimum atomic E-state index is -3.92. The number of sulfonamides is 1. The Morgan fingerprint density at radius 3 is 2.19 bits per heavy atom. The lowest BCUT2D eigenvalue weighted by atomic mass is 10.1. The summed E-state index contributed by atoms with van der Waals surface area (Å²) in [5.74, 6) is -3.72. The SMILES string of the molecule is Cc1cc(C#N)cc(C)c1Oc1cc(F)c(C(=O)NS(C)(=O)=O)cc1F. The lowest BCUT2D eigenvalue weighted by Crippen LogP contribution is -2.30. The van der Waals surface area contributed by atoms with Crippen molar-refractivity contribution in [2.24, 2.45) is 0 Å². The van der Waals surface area contributed by atoms with Crippen LogP contribution >= 0.6 is 0 Å². The smallest absolute Gasteiger partial charge is 0.267 e. The van der Waals surface area contributed by atoms with Crippen molar-refractivity contribution in [1.82, 2.24) is 4.72 Å². The van der Waals surface area contributed by atoms with Crippen LogP contribution in [0.5, 0.6) is 11.5 Å². The molecule has 9 heteroatoms. The molecule has 2 rings (SSSR count). The minimum Gasteiger partial charge on any atom is -0.454 e. The molecule has 0 atom stereocenters. The number of hydrogen-bond acceptors (Lipinski definition) is 5. The zero-order valence-electron chi connectivity index (χ0n) is 14.1. The van der Waals surface area contributed by atoms with Crippen molar-refractivity contribution >= 4 is 15.9 Å². The molecule has 0 saturated carbocycles. The lowest BCUT2D eigenvalue weighted by molar-refractivity contribution is 0.0977. The van der Waals surface area contributed by atoms with E-state index in [0.29, 0.717) is 35.1 Å². The first-order valence-corrected chi connectivity index (χ1v) is 9.11. The molecule has 0 spiro atoms. The highest BCUT2D eigenvalue weighted by atomic mass is 32.2. The molecule has 0 aromatic heterocycles. The fraction of sp³-hybridized carbons (Fsp3) is 0.176. The Labute approximate surface area is 149 Å². The van der Waals surface area contributed by atoms with Crippen molar-refractivity contribution in [3.8, 4) is 17.6 Å². The Kier molecular flexibility index (Phi) is 5.28. The summed E-state index contributed by atoms with van der Waals surface area (Å²) in [6, 6.07) is 6.25. The van der Waals surface area contributed by atoms with Gasteiger partial charge in [0.05, 0.1) is 23.5 Å². The van der Waals surface area contributed by atoms with Crippen molar-refractivity contribution < 1.29 is 26.7 Å². The number of carbonyl (C=O) groups is 1. The highest BCUT2D eigenvalue weighted by Gasteiger charge is 2.20. The molecular weight excluding hydrogens is 366 g/mol. The van der Waals surface area contributed by atoms with Gasteiger partial charge in [-0.05, 0) is 43.2 Å². The first-order chi connectivity index (χ1) is 12.0. The molecule has 136 valence electrons. The molecule has 0 aliphatic rings. The Morgan fingerprint density at radius 2 is 1.69 bits per heavy atom. The molecule has 0 heterocycles. The quantitative estimate of drug-likeness (QED) is 0.880. The standard InChI is InChI=1S/C17H14F2N2O4S/c1-9-4-11(8-20)5-10(2)16(9)25-15-7-13(18)12(6-14(15)19)17(22)21-26(3,23)24/h4-7H,1-3H3,(H,21,22). The van der Waals surface area contributed by atoms with Gasteiger partial charge in [0.2, 0.25) is 10.0 Å². The van der Waals surface area contributed by atoms with Crippen molar-refractivity contribution in [3.63, 3.8) is 0 Å². The second-order valence-electron chi connectivity index (χ2n) is 5.62. The van der Waals surface area contributed by atoms with Gasteiger partial charge in [-0.2, -0.15) is 5.26 Å². The van der Waals surface area contributed by atoms with Crippen LogP contribution in [0.2, 0.25) is 0 Å². The van der Waals surface area contributed by atoms with E-state index in [2.05, 4.69) is 0 Å². The van der Waals surface area contributed by atoms with Crippen LogP contribution < -0.4 is 9.46 Å². The van der Waals surface area contributed by atoms with Crippen molar-refractivity contribution in [2.45, 2.75) is 13.8 Å². The first kappa shape index (κ1) is 19.3. The zero-order valence-corrected chi connectivity index (χ0v) is 14.9. The molecule has 6 nitrogen and oxygen atoms in total. The molecule has 0 aliphatic carbocycles. The van der Waals surface area contributed by atoms with Gasteiger partial charge in [-0.15, -0.1) is 0 Å². The normalized spacial score (nSPS) is 10.9. The van der Waals surface area contributed by atoms with E-state index < -0.39 is 38.9 Å². The van der Waals surface area contributed by atoms with Crippen LogP contribution in [0.25, 0.3) is 0 Å². The number of hydrogen-bond donors (Lipinski definition) is 1. The molecular formula is C17H14F2N2O4S. The maximum atomic E-state index is 14.2. The zero-order chi connectivity index (χ0) is 19.6. The fourth-order valence-corrected chi connectivity index (χ4v) is 2.74. The van der Waals surface area contributed by atoms with Crippen LogP contribution in [0.4, 0.5) is 8.78 Å². The third-order valence-electron chi connectivity index (χ3n) is 3.35. The summed E-state index contributed by atoms with van der Waals surface area (Å²) in [7, 11) is -3.92. The Balaban J connectivity index is 2.41. The summed E-state index contributed by atoms with van der Waals surface area (Å²) >= 11 is 0. The summed E-state index contributed by atoms with van der Waals surface area (Å²) in [5, 5.41) is 8.93. The number of ether oxygens (including phenoxy) is 1. The van der Waals surface area contributed by atoms with Crippen molar-refractivity contribution in [1.29, 1.82) is 5.26 Å². The highest BCUT2D eigenvalue weighted by molar-refractivity contribution is 7.89. The second-order valence-corrected chi connectivity index (χ2v) is 7.37. The Morgan fingerprint density at radius 1 is 1.12 bits per heavy atom. The monoisotopic (exact) mass is 380 g/mol. The van der Waals surface area contributed by atoms with Gasteiger partial charge in [-0.3, -0.25) is 4.79 Å². The van der Waals surface area contributed by atoms with Gasteiger partial charge in [0.25, 0.3) is 5.91 Å². The van der Waals surface area contributed by atoms with Crippen LogP contribution in [-0.4, -0.2) is 20.6 Å². The number of nitrogens with zero attached hydrogens (tertiary/aromatic N) is 1. The number of halogens is 2. The summed E-state index contributed by atoms with van der Waals surface area (Å²) in [5.41, 5.74) is 0.709. The van der Waals surface area contributed by atoms with Crippen LogP contribution in [0.15, 0.2) is 24.3 Å². The Hall–Kier alpha value is -2.99. The molecule has 2 aromatic carbocycles. The van der Waals surface area contributed by atoms with Crippen molar-refractivity contribution in [2.75, 3.05) is 6.26 Å². The van der Waals surface area contributed by atoms with Gasteiger partial charge in [-0.1, -0.05) is 0 Å². The number of aryl methyl sites for hydroxylation is 2. The number of rotatable bonds is 4. The average Bonchev–Trinajstić information content (AvgIpc) is 2.51. The number of nitriles is 1. The van der Waals surface area contributed by atoms with Crippen LogP contribution in [0.1, 0.15) is 27.0 Å². The van der Waals surface area contributed by atoms with E-state index in [1.54, 1.807) is 18.6 Å². The molecule has 1 N–H and O–H groups in total. The number of carbonyl (C=O) groups excluding carboxylic acids is 1. The van der Waals surface area contributed by atoms with E-state index >= 15 is 0 Å². The second kappa shape index (κ2) is 7.09. The van der Waals surface area contributed by atoms with Gasteiger partial charge >= 0.3 is 0 Å². The van der Waals surface area contributed by atoms with Gasteiger partial charge in [-0.25, -0.2) is 21.9 Å². The third-order valence-corrected chi connectivity index (χ3v) is 3.90. The van der Waals surface area contributed by atoms with Crippen LogP contribution in [0.3, 0.4) is 0 Å². The van der Waals surface area contributed by atoms with Crippen LogP contribution in [-0.2, 0) is 10.0 Å². The molecule has 1 amide bonds.